The lowest BCUT2D eigenvalue weighted by Crippen LogP contribution is -2.44. The number of hydrogen-bond acceptors (Lipinski definition) is 4. The van der Waals surface area contributed by atoms with E-state index < -0.39 is 0 Å². The van der Waals surface area contributed by atoms with Crippen LogP contribution in [-0.2, 0) is 4.79 Å². The summed E-state index contributed by atoms with van der Waals surface area (Å²) in [6.45, 7) is 9.49. The van der Waals surface area contributed by atoms with E-state index >= 15 is 0 Å². The number of rotatable bonds is 5. The van der Waals surface area contributed by atoms with Crippen molar-refractivity contribution in [2.45, 2.75) is 26.8 Å². The van der Waals surface area contributed by atoms with Gasteiger partial charge in [0.15, 0.2) is 0 Å². The van der Waals surface area contributed by atoms with Gasteiger partial charge >= 0.3 is 0 Å². The predicted octanol–water partition coefficient (Wildman–Crippen LogP) is 3.71. The van der Waals surface area contributed by atoms with Crippen molar-refractivity contribution in [3.63, 3.8) is 0 Å². The number of nitrogens with zero attached hydrogens (tertiary/aromatic N) is 3. The average Bonchev–Trinajstić information content (AvgIpc) is 2.75. The van der Waals surface area contributed by atoms with E-state index in [1.807, 2.05) is 37.3 Å². The molecule has 2 aromatic rings. The van der Waals surface area contributed by atoms with Gasteiger partial charge in [-0.3, -0.25) is 4.79 Å². The third-order valence-corrected chi connectivity index (χ3v) is 5.55. The topological polar surface area (TPSA) is 59.4 Å². The number of nitrogens with one attached hydrogen (secondary N) is 1. The second kappa shape index (κ2) is 9.29. The van der Waals surface area contributed by atoms with Crippen molar-refractivity contribution in [3.05, 3.63) is 77.0 Å². The van der Waals surface area contributed by atoms with Gasteiger partial charge in [-0.25, -0.2) is 0 Å². The van der Waals surface area contributed by atoms with Gasteiger partial charge in [0.05, 0.1) is 6.04 Å². The van der Waals surface area contributed by atoms with Crippen molar-refractivity contribution in [1.82, 2.24) is 10.2 Å². The molecule has 3 rings (SSSR count). The summed E-state index contributed by atoms with van der Waals surface area (Å²) in [4.78, 5) is 17.0. The van der Waals surface area contributed by atoms with Gasteiger partial charge in [-0.1, -0.05) is 42.5 Å². The molecule has 1 heterocycles. The highest BCUT2D eigenvalue weighted by Gasteiger charge is 2.20. The molecule has 2 aromatic carbocycles. The Balaban J connectivity index is 1.61. The zero-order valence-electron chi connectivity index (χ0n) is 17.4. The normalized spacial score (nSPS) is 15.6. The van der Waals surface area contributed by atoms with Gasteiger partial charge < -0.3 is 15.1 Å². The van der Waals surface area contributed by atoms with Crippen molar-refractivity contribution < 1.29 is 4.79 Å². The Labute approximate surface area is 173 Å². The molecular formula is C24H28N4O. The van der Waals surface area contributed by atoms with E-state index in [0.717, 1.165) is 31.7 Å². The number of carbonyl (C=O) groups excluding carboxylic acids is 1. The molecule has 5 heteroatoms. The van der Waals surface area contributed by atoms with Crippen molar-refractivity contribution >= 4 is 11.6 Å². The number of carbonyl (C=O) groups is 1. The van der Waals surface area contributed by atoms with Crippen LogP contribution in [0.5, 0.6) is 0 Å². The molecule has 0 radical (unpaired) electrons. The van der Waals surface area contributed by atoms with Crippen molar-refractivity contribution in [2.75, 3.05) is 31.1 Å². The zero-order chi connectivity index (χ0) is 20.8. The Morgan fingerprint density at radius 2 is 1.76 bits per heavy atom. The lowest BCUT2D eigenvalue weighted by Gasteiger charge is -2.36. The second-order valence-electron chi connectivity index (χ2n) is 7.50. The summed E-state index contributed by atoms with van der Waals surface area (Å²) < 4.78 is 0. The maximum absolute atomic E-state index is 12.6. The number of piperazine rings is 1. The maximum atomic E-state index is 12.6. The molecule has 0 spiro atoms. The highest BCUT2D eigenvalue weighted by molar-refractivity contribution is 5.97. The van der Waals surface area contributed by atoms with E-state index in [1.54, 1.807) is 6.20 Å². The van der Waals surface area contributed by atoms with Gasteiger partial charge in [-0.15, -0.1) is 0 Å². The van der Waals surface area contributed by atoms with Crippen LogP contribution in [-0.4, -0.2) is 37.0 Å². The molecule has 5 nitrogen and oxygen atoms in total. The maximum Gasteiger partial charge on any atom is 0.263 e. The molecule has 1 amide bonds. The summed E-state index contributed by atoms with van der Waals surface area (Å²) in [5.41, 5.74) is 5.03. The van der Waals surface area contributed by atoms with Crippen LogP contribution in [0.15, 0.2) is 60.3 Å². The van der Waals surface area contributed by atoms with Crippen molar-refractivity contribution in [3.8, 4) is 6.07 Å². The van der Waals surface area contributed by atoms with E-state index in [0.29, 0.717) is 0 Å². The van der Waals surface area contributed by atoms with Crippen molar-refractivity contribution in [2.24, 2.45) is 0 Å². The molecule has 1 saturated heterocycles. The highest BCUT2D eigenvalue weighted by atomic mass is 16.1. The van der Waals surface area contributed by atoms with E-state index in [-0.39, 0.29) is 17.5 Å². The largest absolute Gasteiger partial charge is 0.373 e. The third-order valence-electron chi connectivity index (χ3n) is 5.55. The van der Waals surface area contributed by atoms with E-state index in [1.165, 1.54) is 16.8 Å². The van der Waals surface area contributed by atoms with Crippen LogP contribution in [0.2, 0.25) is 0 Å². The number of aryl methyl sites for hydroxylation is 1. The lowest BCUT2D eigenvalue weighted by molar-refractivity contribution is -0.117. The molecular weight excluding hydrogens is 360 g/mol. The van der Waals surface area contributed by atoms with Crippen LogP contribution in [0.4, 0.5) is 5.69 Å². The average molecular weight is 389 g/mol. The summed E-state index contributed by atoms with van der Waals surface area (Å²) >= 11 is 0. The van der Waals surface area contributed by atoms with Crippen LogP contribution in [0.1, 0.15) is 29.7 Å². The summed E-state index contributed by atoms with van der Waals surface area (Å²) in [5, 5.41) is 12.4. The molecule has 1 aliphatic heterocycles. The second-order valence-corrected chi connectivity index (χ2v) is 7.50. The fraction of sp³-hybridized carbons (Fsp3) is 0.333. The predicted molar refractivity (Wildman–Crippen MR) is 116 cm³/mol. The van der Waals surface area contributed by atoms with Crippen LogP contribution in [0, 0.1) is 25.2 Å². The number of nitriles is 1. The third kappa shape index (κ3) is 4.97. The van der Waals surface area contributed by atoms with E-state index in [9.17, 15) is 10.1 Å². The number of hydrogen-bond donors (Lipinski definition) is 1. The fourth-order valence-electron chi connectivity index (χ4n) is 3.59. The summed E-state index contributed by atoms with van der Waals surface area (Å²) in [6.07, 6.45) is 1.70. The van der Waals surface area contributed by atoms with E-state index in [4.69, 9.17) is 0 Å². The molecule has 1 N–H and O–H groups in total. The Kier molecular flexibility index (Phi) is 6.56. The zero-order valence-corrected chi connectivity index (χ0v) is 17.4. The molecule has 0 bridgehead atoms. The molecule has 29 heavy (non-hydrogen) atoms. The first kappa shape index (κ1) is 20.5. The van der Waals surface area contributed by atoms with Gasteiger partial charge in [-0.2, -0.15) is 5.26 Å². The first-order valence-electron chi connectivity index (χ1n) is 10.0. The minimum absolute atomic E-state index is 0.146. The van der Waals surface area contributed by atoms with Crippen LogP contribution in [0.25, 0.3) is 0 Å². The summed E-state index contributed by atoms with van der Waals surface area (Å²) in [7, 11) is 0. The van der Waals surface area contributed by atoms with Crippen molar-refractivity contribution in [1.29, 1.82) is 5.26 Å². The molecule has 1 fully saturated rings. The first-order valence-corrected chi connectivity index (χ1v) is 10.0. The van der Waals surface area contributed by atoms with E-state index in [2.05, 4.69) is 53.2 Å². The summed E-state index contributed by atoms with van der Waals surface area (Å²) in [6, 6.07) is 18.0. The molecule has 1 atom stereocenters. The smallest absolute Gasteiger partial charge is 0.263 e. The lowest BCUT2D eigenvalue weighted by atomic mass is 10.1. The standard InChI is InChI=1S/C24H28N4O/c1-18-8-7-11-23(19(18)2)28-14-12-27(13-15-28)17-22(16-25)24(29)26-20(3)21-9-5-4-6-10-21/h4-11,17,20H,12-15H2,1-3H3,(H,26,29)/b22-17-. The number of anilines is 1. The molecule has 150 valence electrons. The summed E-state index contributed by atoms with van der Waals surface area (Å²) in [5.74, 6) is -0.333. The van der Waals surface area contributed by atoms with Gasteiger partial charge in [0.1, 0.15) is 11.6 Å². The minimum Gasteiger partial charge on any atom is -0.373 e. The molecule has 1 unspecified atom stereocenters. The Bertz CT molecular complexity index is 922. The number of benzene rings is 2. The molecule has 0 saturated carbocycles. The van der Waals surface area contributed by atoms with Crippen LogP contribution >= 0.6 is 0 Å². The molecule has 0 aliphatic carbocycles. The van der Waals surface area contributed by atoms with Gasteiger partial charge in [0, 0.05) is 38.1 Å². The van der Waals surface area contributed by atoms with Gasteiger partial charge in [-0.05, 0) is 43.5 Å². The monoisotopic (exact) mass is 388 g/mol. The Morgan fingerprint density at radius 3 is 2.41 bits per heavy atom. The van der Waals surface area contributed by atoms with Gasteiger partial charge in [0.25, 0.3) is 5.91 Å². The Hall–Kier alpha value is -3.26. The fourth-order valence-corrected chi connectivity index (χ4v) is 3.59. The Morgan fingerprint density at radius 1 is 1.07 bits per heavy atom. The minimum atomic E-state index is -0.333. The molecule has 0 aromatic heterocycles. The quantitative estimate of drug-likeness (QED) is 0.627. The molecule has 1 aliphatic rings. The van der Waals surface area contributed by atoms with Crippen LogP contribution < -0.4 is 10.2 Å². The van der Waals surface area contributed by atoms with Gasteiger partial charge in [0.2, 0.25) is 0 Å². The number of amides is 1. The SMILES string of the molecule is Cc1cccc(N2CCN(/C=C(/C#N)C(=O)NC(C)c3ccccc3)CC2)c1C. The van der Waals surface area contributed by atoms with Crippen LogP contribution in [0.3, 0.4) is 0 Å². The first-order chi connectivity index (χ1) is 14.0. The highest BCUT2D eigenvalue weighted by Crippen LogP contribution is 2.24.